The predicted molar refractivity (Wildman–Crippen MR) is 73.9 cm³/mol. The van der Waals surface area contributed by atoms with Gasteiger partial charge >= 0.3 is 61.0 Å². The molecule has 0 fully saturated rings. The number of hydrogen-bond acceptors (Lipinski definition) is 3. The summed E-state index contributed by atoms with van der Waals surface area (Å²) in [6, 6.07) is 0. The normalized spacial score (nSPS) is 16.2. The lowest BCUT2D eigenvalue weighted by molar-refractivity contribution is -0.570. The van der Waals surface area contributed by atoms with Crippen LogP contribution in [0.25, 0.3) is 0 Å². The lowest BCUT2D eigenvalue weighted by atomic mass is 10.1. The van der Waals surface area contributed by atoms with Gasteiger partial charge in [0.05, 0.1) is 13.2 Å². The molecule has 0 amide bonds. The Bertz CT molecular complexity index is 719. The van der Waals surface area contributed by atoms with Crippen LogP contribution in [0.3, 0.4) is 0 Å². The summed E-state index contributed by atoms with van der Waals surface area (Å²) in [5.41, 5.74) is 0. The van der Waals surface area contributed by atoms with Crippen molar-refractivity contribution < 1.29 is 120 Å². The van der Waals surface area contributed by atoms with Crippen LogP contribution in [-0.4, -0.2) is 74.2 Å². The molecule has 0 heterocycles. The van der Waals surface area contributed by atoms with Gasteiger partial charge in [0.15, 0.2) is 11.8 Å². The molecule has 0 aliphatic rings. The quantitative estimate of drug-likeness (QED) is 0.192. The van der Waals surface area contributed by atoms with Crippen LogP contribution in [-0.2, 0) is 14.2 Å². The average Bonchev–Trinajstić information content (AvgIpc) is 2.57. The van der Waals surface area contributed by atoms with E-state index in [2.05, 4.69) is 9.47 Å². The van der Waals surface area contributed by atoms with E-state index < -0.39 is 86.0 Å². The summed E-state index contributed by atoms with van der Waals surface area (Å²) in [5.74, 6) is -26.9. The average molecular weight is 678 g/mol. The van der Waals surface area contributed by atoms with E-state index in [4.69, 9.17) is 0 Å². The van der Waals surface area contributed by atoms with Crippen molar-refractivity contribution in [3.05, 3.63) is 0 Å². The van der Waals surface area contributed by atoms with Crippen LogP contribution in [0.4, 0.5) is 105 Å². The molecule has 0 saturated carbocycles. The summed E-state index contributed by atoms with van der Waals surface area (Å²) < 4.78 is 316. The third-order valence-electron chi connectivity index (χ3n) is 4.27. The SMILES string of the molecule is FC(F)(F)C(COC(OC(OCC(C(F)(F)F)C(F)(F)F)(C(F)(F)F)C(F)(F)F)(C(F)(F)F)C(F)(F)F)C(F)(F)F. The number of rotatable bonds is 8. The largest absolute Gasteiger partial charge is 0.453 e. The van der Waals surface area contributed by atoms with Crippen molar-refractivity contribution in [2.24, 2.45) is 11.8 Å². The van der Waals surface area contributed by atoms with Crippen molar-refractivity contribution in [3.8, 4) is 0 Å². The molecule has 248 valence electrons. The summed E-state index contributed by atoms with van der Waals surface area (Å²) in [5, 5.41) is 0. The Kier molecular flexibility index (Phi) is 10.6. The molecule has 0 unspecified atom stereocenters. The van der Waals surface area contributed by atoms with Crippen LogP contribution in [0.2, 0.25) is 0 Å². The van der Waals surface area contributed by atoms with Crippen LogP contribution in [0.5, 0.6) is 0 Å². The molecule has 0 N–H and O–H groups in total. The van der Waals surface area contributed by atoms with Crippen molar-refractivity contribution in [1.29, 1.82) is 0 Å². The molecular weight excluding hydrogens is 672 g/mol. The van der Waals surface area contributed by atoms with Crippen LogP contribution >= 0.6 is 0 Å². The van der Waals surface area contributed by atoms with Crippen LogP contribution in [0.1, 0.15) is 0 Å². The minimum Gasteiger partial charge on any atom is -0.334 e. The van der Waals surface area contributed by atoms with E-state index in [-0.39, 0.29) is 0 Å². The molecule has 0 aromatic heterocycles. The molecule has 0 aromatic rings. The lowest BCUT2D eigenvalue weighted by Gasteiger charge is -2.45. The van der Waals surface area contributed by atoms with Gasteiger partial charge in [-0.2, -0.15) is 105 Å². The number of hydrogen-bond donors (Lipinski definition) is 0. The molecule has 0 aliphatic heterocycles. The first-order valence-corrected chi connectivity index (χ1v) is 8.90. The molecule has 0 spiro atoms. The molecule has 0 rings (SSSR count). The van der Waals surface area contributed by atoms with Gasteiger partial charge in [-0.1, -0.05) is 0 Å². The summed E-state index contributed by atoms with van der Waals surface area (Å²) >= 11 is 0. The zero-order valence-electron chi connectivity index (χ0n) is 17.9. The highest BCUT2D eigenvalue weighted by Crippen LogP contribution is 2.57. The number of alkyl halides is 24. The Balaban J connectivity index is 7.48. The minimum atomic E-state index is -8.15. The zero-order valence-corrected chi connectivity index (χ0v) is 17.9. The Morgan fingerprint density at radius 3 is 0.610 bits per heavy atom. The second-order valence-corrected chi connectivity index (χ2v) is 7.22. The maximum absolute atomic E-state index is 13.3. The standard InChI is InChI=1S/C14H6F24O3/c15-5(16,17)3(6(18,19)20)1-39-9(11(27,28)29,12(30,31)32)41-10(13(33,34)35,14(36,37)38)40-2-4(7(21,22)23)8(24,25)26/h3-4H,1-2H2. The lowest BCUT2D eigenvalue weighted by Crippen LogP contribution is -2.72. The Morgan fingerprint density at radius 2 is 0.488 bits per heavy atom. The third kappa shape index (κ3) is 8.62. The van der Waals surface area contributed by atoms with Gasteiger partial charge in [0, 0.05) is 0 Å². The van der Waals surface area contributed by atoms with Gasteiger partial charge in [-0.05, 0) is 0 Å². The summed E-state index contributed by atoms with van der Waals surface area (Å²) in [6.45, 7) is -8.35. The molecular formula is C14H6F24O3. The topological polar surface area (TPSA) is 27.7 Å². The number of halogens is 24. The Hall–Kier alpha value is -1.80. The molecule has 3 nitrogen and oxygen atoms in total. The van der Waals surface area contributed by atoms with Crippen molar-refractivity contribution in [2.75, 3.05) is 13.2 Å². The second-order valence-electron chi connectivity index (χ2n) is 7.22. The molecule has 0 radical (unpaired) electrons. The molecule has 0 saturated heterocycles. The fraction of sp³-hybridized carbons (Fsp3) is 1.00. The zero-order chi connectivity index (χ0) is 33.7. The number of ether oxygens (including phenoxy) is 3. The molecule has 0 aromatic carbocycles. The van der Waals surface area contributed by atoms with Crippen molar-refractivity contribution in [2.45, 2.75) is 61.0 Å². The fourth-order valence-electron chi connectivity index (χ4n) is 2.29. The second kappa shape index (κ2) is 11.0. The maximum Gasteiger partial charge on any atom is 0.453 e. The van der Waals surface area contributed by atoms with Gasteiger partial charge in [0.25, 0.3) is 0 Å². The van der Waals surface area contributed by atoms with E-state index in [1.165, 1.54) is 0 Å². The first kappa shape index (κ1) is 39.2. The van der Waals surface area contributed by atoms with E-state index in [0.717, 1.165) is 0 Å². The summed E-state index contributed by atoms with van der Waals surface area (Å²) in [7, 11) is 0. The van der Waals surface area contributed by atoms with Gasteiger partial charge < -0.3 is 9.47 Å². The van der Waals surface area contributed by atoms with Gasteiger partial charge in [0.1, 0.15) is 0 Å². The minimum absolute atomic E-state index is 1.82. The fourth-order valence-corrected chi connectivity index (χ4v) is 2.29. The third-order valence-corrected chi connectivity index (χ3v) is 4.27. The van der Waals surface area contributed by atoms with Crippen LogP contribution in [0, 0.1) is 11.8 Å². The smallest absolute Gasteiger partial charge is 0.334 e. The highest BCUT2D eigenvalue weighted by atomic mass is 19.4. The molecule has 0 aliphatic carbocycles. The van der Waals surface area contributed by atoms with Gasteiger partial charge in [-0.3, -0.25) is 4.74 Å². The maximum atomic E-state index is 13.3. The van der Waals surface area contributed by atoms with Crippen LogP contribution in [0.15, 0.2) is 0 Å². The van der Waals surface area contributed by atoms with E-state index in [1.54, 1.807) is 0 Å². The van der Waals surface area contributed by atoms with Crippen molar-refractivity contribution >= 4 is 0 Å². The molecule has 27 heteroatoms. The molecule has 0 atom stereocenters. The van der Waals surface area contributed by atoms with Crippen LogP contribution < -0.4 is 0 Å². The first-order valence-electron chi connectivity index (χ1n) is 8.90. The van der Waals surface area contributed by atoms with E-state index in [0.29, 0.717) is 0 Å². The monoisotopic (exact) mass is 678 g/mol. The Labute approximate surface area is 207 Å². The highest BCUT2D eigenvalue weighted by molar-refractivity contribution is 4.97. The predicted octanol–water partition coefficient (Wildman–Crippen LogP) is 8.16. The van der Waals surface area contributed by atoms with Crippen molar-refractivity contribution in [1.82, 2.24) is 0 Å². The molecule has 41 heavy (non-hydrogen) atoms. The molecule has 0 bridgehead atoms. The van der Waals surface area contributed by atoms with E-state index in [9.17, 15) is 105 Å². The van der Waals surface area contributed by atoms with Gasteiger partial charge in [-0.25, -0.2) is 0 Å². The van der Waals surface area contributed by atoms with Gasteiger partial charge in [0.2, 0.25) is 0 Å². The first-order chi connectivity index (χ1) is 17.4. The van der Waals surface area contributed by atoms with Gasteiger partial charge in [-0.15, -0.1) is 0 Å². The van der Waals surface area contributed by atoms with Crippen molar-refractivity contribution in [3.63, 3.8) is 0 Å². The highest BCUT2D eigenvalue weighted by Gasteiger charge is 2.85. The Morgan fingerprint density at radius 1 is 0.317 bits per heavy atom. The summed E-state index contributed by atoms with van der Waals surface area (Å²) in [4.78, 5) is 0. The van der Waals surface area contributed by atoms with E-state index >= 15 is 0 Å². The summed E-state index contributed by atoms with van der Waals surface area (Å²) in [6.07, 6.45) is -60.5. The van der Waals surface area contributed by atoms with E-state index in [1.807, 2.05) is 4.74 Å².